The molecule has 0 radical (unpaired) electrons. The van der Waals surface area contributed by atoms with Crippen LogP contribution in [0.25, 0.3) is 0 Å². The van der Waals surface area contributed by atoms with Gasteiger partial charge in [0.2, 0.25) is 11.8 Å². The zero-order valence-electron chi connectivity index (χ0n) is 15.0. The number of amides is 3. The summed E-state index contributed by atoms with van der Waals surface area (Å²) in [6.07, 6.45) is 0. The normalized spacial score (nSPS) is 10.3. The minimum atomic E-state index is -0.505. The van der Waals surface area contributed by atoms with E-state index in [9.17, 15) is 14.4 Å². The van der Waals surface area contributed by atoms with Crippen LogP contribution in [0.4, 0.5) is 0 Å². The predicted molar refractivity (Wildman–Crippen MR) is 112 cm³/mol. The molecule has 0 saturated heterocycles. The van der Waals surface area contributed by atoms with Crippen LogP contribution in [0.5, 0.6) is 0 Å². The number of hydrogen-bond acceptors (Lipinski definition) is 3. The fourth-order valence-electron chi connectivity index (χ4n) is 2.27. The first-order valence-corrected chi connectivity index (χ1v) is 9.80. The molecule has 6 nitrogen and oxygen atoms in total. The van der Waals surface area contributed by atoms with Crippen molar-refractivity contribution in [1.29, 1.82) is 0 Å². The highest BCUT2D eigenvalue weighted by molar-refractivity contribution is 9.10. The summed E-state index contributed by atoms with van der Waals surface area (Å²) in [5.41, 5.74) is 1.17. The molecule has 2 rings (SSSR count). The maximum Gasteiger partial charge on any atom is 0.253 e. The third-order valence-electron chi connectivity index (χ3n) is 3.81. The molecule has 0 heterocycles. The highest BCUT2D eigenvalue weighted by atomic mass is 79.9. The number of halogens is 3. The standard InChI is InChI=1S/C19H18BrCl2N3O3/c1-25(11-12-4-2-3-5-15(12)20)18(27)10-23-17(26)9-24-19(28)14-7-6-13(21)8-16(14)22/h2-8H,9-11H2,1H3,(H,23,26)(H,24,28). The molecule has 0 aliphatic rings. The van der Waals surface area contributed by atoms with Crippen LogP contribution in [0.1, 0.15) is 15.9 Å². The van der Waals surface area contributed by atoms with Gasteiger partial charge in [-0.2, -0.15) is 0 Å². The molecule has 0 saturated carbocycles. The van der Waals surface area contributed by atoms with E-state index in [0.717, 1.165) is 10.0 Å². The van der Waals surface area contributed by atoms with E-state index in [4.69, 9.17) is 23.2 Å². The van der Waals surface area contributed by atoms with Crippen molar-refractivity contribution in [1.82, 2.24) is 15.5 Å². The second-order valence-corrected chi connectivity index (χ2v) is 7.62. The summed E-state index contributed by atoms with van der Waals surface area (Å²) in [6, 6.07) is 12.0. The molecule has 0 aliphatic carbocycles. The molecule has 0 aromatic heterocycles. The van der Waals surface area contributed by atoms with E-state index in [-0.39, 0.29) is 29.6 Å². The lowest BCUT2D eigenvalue weighted by Gasteiger charge is -2.18. The van der Waals surface area contributed by atoms with Gasteiger partial charge >= 0.3 is 0 Å². The Morgan fingerprint density at radius 2 is 1.75 bits per heavy atom. The molecule has 28 heavy (non-hydrogen) atoms. The van der Waals surface area contributed by atoms with Crippen LogP contribution in [0.15, 0.2) is 46.9 Å². The van der Waals surface area contributed by atoms with Crippen molar-refractivity contribution in [2.45, 2.75) is 6.54 Å². The van der Waals surface area contributed by atoms with Crippen LogP contribution in [0.3, 0.4) is 0 Å². The van der Waals surface area contributed by atoms with Crippen molar-refractivity contribution in [2.24, 2.45) is 0 Å². The molecular weight excluding hydrogens is 469 g/mol. The summed E-state index contributed by atoms with van der Waals surface area (Å²) >= 11 is 15.2. The largest absolute Gasteiger partial charge is 0.345 e. The Bertz CT molecular complexity index is 892. The first-order chi connectivity index (χ1) is 13.3. The number of benzene rings is 2. The van der Waals surface area contributed by atoms with Gasteiger partial charge in [0.1, 0.15) is 0 Å². The second kappa shape index (κ2) is 10.5. The third-order valence-corrected chi connectivity index (χ3v) is 5.13. The average molecular weight is 487 g/mol. The zero-order valence-corrected chi connectivity index (χ0v) is 18.1. The van der Waals surface area contributed by atoms with Gasteiger partial charge in [0.15, 0.2) is 0 Å². The summed E-state index contributed by atoms with van der Waals surface area (Å²) in [6.45, 7) is -0.0434. The minimum absolute atomic E-state index is 0.169. The number of nitrogens with zero attached hydrogens (tertiary/aromatic N) is 1. The Hall–Kier alpha value is -2.09. The van der Waals surface area contributed by atoms with E-state index in [2.05, 4.69) is 26.6 Å². The molecule has 0 unspecified atom stereocenters. The van der Waals surface area contributed by atoms with Crippen LogP contribution < -0.4 is 10.6 Å². The molecule has 3 amide bonds. The van der Waals surface area contributed by atoms with Crippen molar-refractivity contribution in [2.75, 3.05) is 20.1 Å². The molecule has 9 heteroatoms. The van der Waals surface area contributed by atoms with E-state index in [1.165, 1.54) is 23.1 Å². The smallest absolute Gasteiger partial charge is 0.253 e. The molecule has 2 N–H and O–H groups in total. The fourth-order valence-corrected chi connectivity index (χ4v) is 3.18. The van der Waals surface area contributed by atoms with Crippen molar-refractivity contribution < 1.29 is 14.4 Å². The van der Waals surface area contributed by atoms with Gasteiger partial charge in [0.25, 0.3) is 5.91 Å². The minimum Gasteiger partial charge on any atom is -0.345 e. The van der Waals surface area contributed by atoms with Crippen LogP contribution >= 0.6 is 39.1 Å². The van der Waals surface area contributed by atoms with Crippen molar-refractivity contribution >= 4 is 56.9 Å². The number of nitrogens with one attached hydrogen (secondary N) is 2. The quantitative estimate of drug-likeness (QED) is 0.630. The Balaban J connectivity index is 1.77. The Kier molecular flexibility index (Phi) is 8.29. The molecule has 2 aromatic carbocycles. The van der Waals surface area contributed by atoms with Gasteiger partial charge in [-0.05, 0) is 29.8 Å². The van der Waals surface area contributed by atoms with Gasteiger partial charge < -0.3 is 15.5 Å². The molecule has 2 aromatic rings. The van der Waals surface area contributed by atoms with Gasteiger partial charge in [0, 0.05) is 23.1 Å². The number of likely N-dealkylation sites (N-methyl/N-ethyl adjacent to an activating group) is 1. The number of rotatable bonds is 7. The average Bonchev–Trinajstić information content (AvgIpc) is 2.65. The van der Waals surface area contributed by atoms with E-state index in [1.807, 2.05) is 24.3 Å². The second-order valence-electron chi connectivity index (χ2n) is 5.92. The zero-order chi connectivity index (χ0) is 20.7. The third kappa shape index (κ3) is 6.51. The molecule has 0 fully saturated rings. The lowest BCUT2D eigenvalue weighted by molar-refractivity contribution is -0.132. The summed E-state index contributed by atoms with van der Waals surface area (Å²) < 4.78 is 0.905. The maximum atomic E-state index is 12.2. The molecular formula is C19H18BrCl2N3O3. The summed E-state index contributed by atoms with van der Waals surface area (Å²) in [7, 11) is 1.65. The Labute approximate surface area is 181 Å². The van der Waals surface area contributed by atoms with Crippen LogP contribution in [0, 0.1) is 0 Å². The van der Waals surface area contributed by atoms with E-state index in [0.29, 0.717) is 11.6 Å². The van der Waals surface area contributed by atoms with Crippen molar-refractivity contribution in [3.63, 3.8) is 0 Å². The fraction of sp³-hybridized carbons (Fsp3) is 0.211. The molecule has 148 valence electrons. The number of carbonyl (C=O) groups excluding carboxylic acids is 3. The van der Waals surface area contributed by atoms with Crippen LogP contribution in [0.2, 0.25) is 10.0 Å². The van der Waals surface area contributed by atoms with Gasteiger partial charge in [-0.25, -0.2) is 0 Å². The Morgan fingerprint density at radius 1 is 1.04 bits per heavy atom. The summed E-state index contributed by atoms with van der Waals surface area (Å²) in [5.74, 6) is -1.24. The van der Waals surface area contributed by atoms with Crippen LogP contribution in [-0.2, 0) is 16.1 Å². The van der Waals surface area contributed by atoms with Crippen LogP contribution in [-0.4, -0.2) is 42.8 Å². The topological polar surface area (TPSA) is 78.5 Å². The Morgan fingerprint density at radius 3 is 2.43 bits per heavy atom. The van der Waals surface area contributed by atoms with Gasteiger partial charge in [-0.15, -0.1) is 0 Å². The first-order valence-electron chi connectivity index (χ1n) is 8.25. The molecule has 0 spiro atoms. The van der Waals surface area contributed by atoms with E-state index < -0.39 is 11.8 Å². The summed E-state index contributed by atoms with van der Waals surface area (Å²) in [4.78, 5) is 37.6. The SMILES string of the molecule is CN(Cc1ccccc1Br)C(=O)CNC(=O)CNC(=O)c1ccc(Cl)cc1Cl. The van der Waals surface area contributed by atoms with Crippen molar-refractivity contribution in [3.05, 3.63) is 68.1 Å². The number of hydrogen-bond donors (Lipinski definition) is 2. The first kappa shape index (κ1) is 22.2. The van der Waals surface area contributed by atoms with Crippen molar-refractivity contribution in [3.8, 4) is 0 Å². The highest BCUT2D eigenvalue weighted by Crippen LogP contribution is 2.20. The predicted octanol–water partition coefficient (Wildman–Crippen LogP) is 3.26. The monoisotopic (exact) mass is 485 g/mol. The molecule has 0 bridgehead atoms. The molecule has 0 atom stereocenters. The van der Waals surface area contributed by atoms with E-state index in [1.54, 1.807) is 7.05 Å². The highest BCUT2D eigenvalue weighted by Gasteiger charge is 2.14. The maximum absolute atomic E-state index is 12.2. The van der Waals surface area contributed by atoms with Gasteiger partial charge in [-0.3, -0.25) is 14.4 Å². The lowest BCUT2D eigenvalue weighted by atomic mass is 10.2. The number of carbonyl (C=O) groups is 3. The molecule has 0 aliphatic heterocycles. The lowest BCUT2D eigenvalue weighted by Crippen LogP contribution is -2.42. The van der Waals surface area contributed by atoms with Gasteiger partial charge in [0.05, 0.1) is 23.7 Å². The van der Waals surface area contributed by atoms with E-state index >= 15 is 0 Å². The summed E-state index contributed by atoms with van der Waals surface area (Å²) in [5, 5.41) is 5.53. The van der Waals surface area contributed by atoms with Gasteiger partial charge in [-0.1, -0.05) is 57.3 Å².